The molecular weight excluding hydrogens is 354 g/mol. The fraction of sp³-hybridized carbons (Fsp3) is 0.318. The van der Waals surface area contributed by atoms with E-state index < -0.39 is 17.5 Å². The maximum Gasteiger partial charge on any atom is 0.325 e. The molecule has 2 aromatic rings. The van der Waals surface area contributed by atoms with Crippen molar-refractivity contribution in [2.24, 2.45) is 0 Å². The van der Waals surface area contributed by atoms with Crippen LogP contribution in [-0.2, 0) is 21.5 Å². The first-order valence-electron chi connectivity index (χ1n) is 9.43. The Kier molecular flexibility index (Phi) is 5.78. The van der Waals surface area contributed by atoms with E-state index in [0.29, 0.717) is 5.56 Å². The second kappa shape index (κ2) is 8.25. The number of nitrogens with zero attached hydrogens (tertiary/aromatic N) is 1. The Hall–Kier alpha value is -3.15. The van der Waals surface area contributed by atoms with E-state index in [1.165, 1.54) is 5.56 Å². The van der Waals surface area contributed by atoms with E-state index in [9.17, 15) is 14.4 Å². The number of amides is 4. The number of hydrogen-bond acceptors (Lipinski definition) is 3. The average molecular weight is 379 g/mol. The van der Waals surface area contributed by atoms with E-state index in [1.807, 2.05) is 55.5 Å². The Morgan fingerprint density at radius 2 is 1.68 bits per heavy atom. The zero-order valence-electron chi connectivity index (χ0n) is 16.1. The summed E-state index contributed by atoms with van der Waals surface area (Å²) >= 11 is 0. The quantitative estimate of drug-likeness (QED) is 0.726. The molecule has 28 heavy (non-hydrogen) atoms. The minimum atomic E-state index is -1.16. The van der Waals surface area contributed by atoms with Crippen LogP contribution in [0.1, 0.15) is 31.4 Å². The van der Waals surface area contributed by atoms with Crippen molar-refractivity contribution in [2.45, 2.75) is 38.3 Å². The molecule has 0 bridgehead atoms. The Bertz CT molecular complexity index is 854. The molecule has 6 heteroatoms. The standard InChI is InChI=1S/C22H25N3O3/c1-16(13-14-17-9-5-3-6-10-17)23-19(26)15-25-20(27)22(2,24-21(25)28)18-11-7-4-8-12-18/h3-12,16H,13-15H2,1-2H3,(H,23,26)(H,24,28). The van der Waals surface area contributed by atoms with Crippen LogP contribution in [-0.4, -0.2) is 35.3 Å². The smallest absolute Gasteiger partial charge is 0.325 e. The molecule has 0 aromatic heterocycles. The molecule has 1 fully saturated rings. The number of benzene rings is 2. The Labute approximate surface area is 164 Å². The van der Waals surface area contributed by atoms with Crippen molar-refractivity contribution in [3.63, 3.8) is 0 Å². The van der Waals surface area contributed by atoms with Crippen LogP contribution in [0.2, 0.25) is 0 Å². The minimum absolute atomic E-state index is 0.0611. The highest BCUT2D eigenvalue weighted by Gasteiger charge is 2.49. The number of carbonyl (C=O) groups excluding carboxylic acids is 3. The van der Waals surface area contributed by atoms with Gasteiger partial charge in [0.05, 0.1) is 0 Å². The van der Waals surface area contributed by atoms with Crippen LogP contribution < -0.4 is 10.6 Å². The largest absolute Gasteiger partial charge is 0.352 e. The van der Waals surface area contributed by atoms with Crippen molar-refractivity contribution in [1.82, 2.24) is 15.5 Å². The van der Waals surface area contributed by atoms with E-state index in [1.54, 1.807) is 19.1 Å². The fourth-order valence-electron chi connectivity index (χ4n) is 3.37. The van der Waals surface area contributed by atoms with Crippen molar-refractivity contribution < 1.29 is 14.4 Å². The van der Waals surface area contributed by atoms with Gasteiger partial charge in [-0.15, -0.1) is 0 Å². The average Bonchev–Trinajstić information content (AvgIpc) is 2.92. The lowest BCUT2D eigenvalue weighted by Gasteiger charge is -2.22. The molecule has 0 aliphatic carbocycles. The molecule has 0 saturated carbocycles. The summed E-state index contributed by atoms with van der Waals surface area (Å²) < 4.78 is 0. The summed E-state index contributed by atoms with van der Waals surface area (Å²) in [7, 11) is 0. The van der Waals surface area contributed by atoms with E-state index in [4.69, 9.17) is 0 Å². The molecule has 1 aliphatic heterocycles. The first-order chi connectivity index (χ1) is 13.4. The number of imide groups is 1. The lowest BCUT2D eigenvalue weighted by Crippen LogP contribution is -2.45. The molecule has 1 aliphatic rings. The molecule has 3 rings (SSSR count). The first kappa shape index (κ1) is 19.6. The fourth-order valence-corrected chi connectivity index (χ4v) is 3.37. The summed E-state index contributed by atoms with van der Waals surface area (Å²) in [5.74, 6) is -0.767. The number of carbonyl (C=O) groups is 3. The van der Waals surface area contributed by atoms with Crippen molar-refractivity contribution in [2.75, 3.05) is 6.54 Å². The SMILES string of the molecule is CC(CCc1ccccc1)NC(=O)CN1C(=O)NC(C)(c2ccccc2)C1=O. The van der Waals surface area contributed by atoms with Gasteiger partial charge in [0.1, 0.15) is 12.1 Å². The Morgan fingerprint density at radius 1 is 1.07 bits per heavy atom. The zero-order chi connectivity index (χ0) is 20.1. The van der Waals surface area contributed by atoms with Gasteiger partial charge in [-0.05, 0) is 37.8 Å². The van der Waals surface area contributed by atoms with Gasteiger partial charge in [0.25, 0.3) is 5.91 Å². The third-order valence-corrected chi connectivity index (χ3v) is 5.04. The van der Waals surface area contributed by atoms with Crippen LogP contribution in [0.25, 0.3) is 0 Å². The van der Waals surface area contributed by atoms with Crippen molar-refractivity contribution in [3.8, 4) is 0 Å². The molecule has 2 atom stereocenters. The molecule has 1 heterocycles. The number of urea groups is 1. The number of nitrogens with one attached hydrogen (secondary N) is 2. The predicted octanol–water partition coefficient (Wildman–Crippen LogP) is 2.59. The van der Waals surface area contributed by atoms with Gasteiger partial charge in [-0.3, -0.25) is 14.5 Å². The monoisotopic (exact) mass is 379 g/mol. The number of hydrogen-bond donors (Lipinski definition) is 2. The van der Waals surface area contributed by atoms with Gasteiger partial charge in [0.2, 0.25) is 5.91 Å². The molecule has 2 aromatic carbocycles. The van der Waals surface area contributed by atoms with Crippen molar-refractivity contribution in [3.05, 3.63) is 71.8 Å². The van der Waals surface area contributed by atoms with Gasteiger partial charge in [0, 0.05) is 6.04 Å². The highest BCUT2D eigenvalue weighted by Crippen LogP contribution is 2.28. The predicted molar refractivity (Wildman–Crippen MR) is 106 cm³/mol. The summed E-state index contributed by atoms with van der Waals surface area (Å²) in [4.78, 5) is 38.5. The topological polar surface area (TPSA) is 78.5 Å². The van der Waals surface area contributed by atoms with E-state index in [2.05, 4.69) is 10.6 Å². The molecule has 1 saturated heterocycles. The van der Waals surface area contributed by atoms with Gasteiger partial charge < -0.3 is 10.6 Å². The third kappa shape index (κ3) is 4.22. The first-order valence-corrected chi connectivity index (χ1v) is 9.43. The Balaban J connectivity index is 1.56. The van der Waals surface area contributed by atoms with Crippen LogP contribution in [0.4, 0.5) is 4.79 Å². The molecule has 4 amide bonds. The van der Waals surface area contributed by atoms with Crippen LogP contribution >= 0.6 is 0 Å². The Morgan fingerprint density at radius 3 is 2.32 bits per heavy atom. The molecule has 0 radical (unpaired) electrons. The molecule has 146 valence electrons. The van der Waals surface area contributed by atoms with Crippen LogP contribution in [0.15, 0.2) is 60.7 Å². The van der Waals surface area contributed by atoms with Crippen LogP contribution in [0.3, 0.4) is 0 Å². The number of aryl methyl sites for hydroxylation is 1. The van der Waals surface area contributed by atoms with Gasteiger partial charge >= 0.3 is 6.03 Å². The van der Waals surface area contributed by atoms with Gasteiger partial charge in [-0.1, -0.05) is 60.7 Å². The maximum absolute atomic E-state index is 12.8. The molecule has 0 spiro atoms. The maximum atomic E-state index is 12.8. The summed E-state index contributed by atoms with van der Waals surface area (Å²) in [6, 6.07) is 18.5. The highest BCUT2D eigenvalue weighted by molar-refractivity contribution is 6.09. The van der Waals surface area contributed by atoms with E-state index in [-0.39, 0.29) is 18.5 Å². The lowest BCUT2D eigenvalue weighted by atomic mass is 9.92. The second-order valence-electron chi connectivity index (χ2n) is 7.31. The molecule has 2 unspecified atom stereocenters. The van der Waals surface area contributed by atoms with Crippen LogP contribution in [0, 0.1) is 0 Å². The van der Waals surface area contributed by atoms with E-state index in [0.717, 1.165) is 17.7 Å². The van der Waals surface area contributed by atoms with Gasteiger partial charge in [-0.2, -0.15) is 0 Å². The summed E-state index contributed by atoms with van der Waals surface area (Å²) in [5.41, 5.74) is 0.737. The van der Waals surface area contributed by atoms with Crippen molar-refractivity contribution >= 4 is 17.8 Å². The molecular formula is C22H25N3O3. The second-order valence-corrected chi connectivity index (χ2v) is 7.31. The van der Waals surface area contributed by atoms with E-state index >= 15 is 0 Å². The molecule has 6 nitrogen and oxygen atoms in total. The molecule has 2 N–H and O–H groups in total. The zero-order valence-corrected chi connectivity index (χ0v) is 16.1. The lowest BCUT2D eigenvalue weighted by molar-refractivity contribution is -0.135. The van der Waals surface area contributed by atoms with Gasteiger partial charge in [-0.25, -0.2) is 4.79 Å². The van der Waals surface area contributed by atoms with Gasteiger partial charge in [0.15, 0.2) is 0 Å². The summed E-state index contributed by atoms with van der Waals surface area (Å²) in [6.07, 6.45) is 1.62. The highest BCUT2D eigenvalue weighted by atomic mass is 16.2. The van der Waals surface area contributed by atoms with Crippen molar-refractivity contribution in [1.29, 1.82) is 0 Å². The summed E-state index contributed by atoms with van der Waals surface area (Å²) in [6.45, 7) is 3.28. The normalized spacial score (nSPS) is 20.0. The third-order valence-electron chi connectivity index (χ3n) is 5.04. The summed E-state index contributed by atoms with van der Waals surface area (Å²) in [5, 5.41) is 5.58. The minimum Gasteiger partial charge on any atom is -0.352 e. The number of rotatable bonds is 7. The van der Waals surface area contributed by atoms with Crippen LogP contribution in [0.5, 0.6) is 0 Å².